The number of nitrogens with one attached hydrogen (secondary N) is 2. The van der Waals surface area contributed by atoms with Gasteiger partial charge in [0.1, 0.15) is 0 Å². The van der Waals surface area contributed by atoms with Crippen molar-refractivity contribution in [2.75, 3.05) is 19.3 Å². The van der Waals surface area contributed by atoms with Gasteiger partial charge in [-0.25, -0.2) is 13.1 Å². The van der Waals surface area contributed by atoms with Crippen LogP contribution in [0, 0.1) is 0 Å². The quantitative estimate of drug-likeness (QED) is 0.788. The summed E-state index contributed by atoms with van der Waals surface area (Å²) in [6.45, 7) is 0.942. The Kier molecular flexibility index (Phi) is 4.24. The fourth-order valence-electron chi connectivity index (χ4n) is 2.26. The molecule has 1 fully saturated rings. The number of hydrogen-bond donors (Lipinski definition) is 2. The number of H-pyrrole nitrogens is 1. The van der Waals surface area contributed by atoms with Gasteiger partial charge in [0.05, 0.1) is 6.26 Å². The fourth-order valence-corrected chi connectivity index (χ4v) is 3.10. The van der Waals surface area contributed by atoms with E-state index in [1.165, 1.54) is 12.3 Å². The molecule has 1 amide bonds. The molecule has 0 bridgehead atoms. The molecule has 0 atom stereocenters. The standard InChI is InChI=1S/C12H17N3O4S/c1-20(18,19)14-10-3-6-15(7-4-10)12(17)9-2-5-13-11(16)8-9/h2,5,8,10,14H,3-4,6-7H2,1H3,(H,13,16). The SMILES string of the molecule is CS(=O)(=O)NC1CCN(C(=O)c2cc[nH]c(=O)c2)CC1. The Bertz CT molecular complexity index is 645. The van der Waals surface area contributed by atoms with Crippen LogP contribution < -0.4 is 10.3 Å². The summed E-state index contributed by atoms with van der Waals surface area (Å²) >= 11 is 0. The van der Waals surface area contributed by atoms with Crippen LogP contribution in [0.5, 0.6) is 0 Å². The van der Waals surface area contributed by atoms with Crippen LogP contribution in [0.2, 0.25) is 0 Å². The van der Waals surface area contributed by atoms with Gasteiger partial charge in [0.2, 0.25) is 15.6 Å². The lowest BCUT2D eigenvalue weighted by Gasteiger charge is -2.32. The minimum Gasteiger partial charge on any atom is -0.339 e. The molecular formula is C12H17N3O4S. The smallest absolute Gasteiger partial charge is 0.254 e. The van der Waals surface area contributed by atoms with E-state index in [0.29, 0.717) is 31.5 Å². The van der Waals surface area contributed by atoms with Gasteiger partial charge in [0.25, 0.3) is 5.91 Å². The lowest BCUT2D eigenvalue weighted by atomic mass is 10.1. The van der Waals surface area contributed by atoms with Crippen LogP contribution in [0.3, 0.4) is 0 Å². The summed E-state index contributed by atoms with van der Waals surface area (Å²) in [5.74, 6) is -0.200. The second-order valence-corrected chi connectivity index (χ2v) is 6.68. The number of amides is 1. The van der Waals surface area contributed by atoms with Crippen molar-refractivity contribution in [2.24, 2.45) is 0 Å². The summed E-state index contributed by atoms with van der Waals surface area (Å²) in [4.78, 5) is 27.5. The van der Waals surface area contributed by atoms with E-state index in [1.54, 1.807) is 11.0 Å². The van der Waals surface area contributed by atoms with Crippen LogP contribution in [0.15, 0.2) is 23.1 Å². The summed E-state index contributed by atoms with van der Waals surface area (Å²) in [7, 11) is -3.22. The Labute approximate surface area is 117 Å². The molecule has 2 N–H and O–H groups in total. The van der Waals surface area contributed by atoms with Crippen molar-refractivity contribution in [3.63, 3.8) is 0 Å². The topological polar surface area (TPSA) is 99.3 Å². The number of pyridine rings is 1. The number of piperidine rings is 1. The number of likely N-dealkylation sites (tertiary alicyclic amines) is 1. The zero-order valence-electron chi connectivity index (χ0n) is 11.1. The van der Waals surface area contributed by atoms with E-state index in [1.807, 2.05) is 0 Å². The van der Waals surface area contributed by atoms with E-state index in [-0.39, 0.29) is 17.5 Å². The molecule has 0 unspecified atom stereocenters. The van der Waals surface area contributed by atoms with E-state index >= 15 is 0 Å². The zero-order chi connectivity index (χ0) is 14.8. The van der Waals surface area contributed by atoms with Crippen molar-refractivity contribution < 1.29 is 13.2 Å². The van der Waals surface area contributed by atoms with E-state index in [0.717, 1.165) is 6.26 Å². The second kappa shape index (κ2) is 5.76. The Morgan fingerprint density at radius 3 is 2.60 bits per heavy atom. The maximum absolute atomic E-state index is 12.2. The molecular weight excluding hydrogens is 282 g/mol. The van der Waals surface area contributed by atoms with Crippen LogP contribution in [0.1, 0.15) is 23.2 Å². The van der Waals surface area contributed by atoms with Gasteiger partial charge < -0.3 is 9.88 Å². The maximum Gasteiger partial charge on any atom is 0.254 e. The number of carbonyl (C=O) groups is 1. The molecule has 1 aliphatic heterocycles. The van der Waals surface area contributed by atoms with Gasteiger partial charge in [-0.3, -0.25) is 9.59 Å². The van der Waals surface area contributed by atoms with E-state index in [4.69, 9.17) is 0 Å². The average Bonchev–Trinajstić information content (AvgIpc) is 2.37. The van der Waals surface area contributed by atoms with Crippen molar-refractivity contribution in [3.05, 3.63) is 34.2 Å². The third-order valence-electron chi connectivity index (χ3n) is 3.18. The lowest BCUT2D eigenvalue weighted by Crippen LogP contribution is -2.46. The van der Waals surface area contributed by atoms with Crippen LogP contribution in [-0.2, 0) is 10.0 Å². The first-order chi connectivity index (χ1) is 9.35. The molecule has 7 nitrogen and oxygen atoms in total. The van der Waals surface area contributed by atoms with Gasteiger partial charge in [-0.2, -0.15) is 0 Å². The lowest BCUT2D eigenvalue weighted by molar-refractivity contribution is 0.0711. The molecule has 0 aromatic carbocycles. The molecule has 1 aromatic heterocycles. The Morgan fingerprint density at radius 1 is 1.40 bits per heavy atom. The molecule has 1 aromatic rings. The Balaban J connectivity index is 1.97. The fraction of sp³-hybridized carbons (Fsp3) is 0.500. The number of nitrogens with zero attached hydrogens (tertiary/aromatic N) is 1. The number of sulfonamides is 1. The van der Waals surface area contributed by atoms with Gasteiger partial charge in [-0.1, -0.05) is 0 Å². The first-order valence-corrected chi connectivity index (χ1v) is 8.19. The van der Waals surface area contributed by atoms with Crippen molar-refractivity contribution >= 4 is 15.9 Å². The van der Waals surface area contributed by atoms with Gasteiger partial charge in [0, 0.05) is 37.0 Å². The highest BCUT2D eigenvalue weighted by molar-refractivity contribution is 7.88. The van der Waals surface area contributed by atoms with Crippen molar-refractivity contribution in [1.82, 2.24) is 14.6 Å². The highest BCUT2D eigenvalue weighted by Crippen LogP contribution is 2.13. The molecule has 0 radical (unpaired) electrons. The summed E-state index contributed by atoms with van der Waals surface area (Å²) in [6.07, 6.45) is 3.71. The highest BCUT2D eigenvalue weighted by atomic mass is 32.2. The Morgan fingerprint density at radius 2 is 2.05 bits per heavy atom. The monoisotopic (exact) mass is 299 g/mol. The van der Waals surface area contributed by atoms with Gasteiger partial charge in [0.15, 0.2) is 0 Å². The zero-order valence-corrected chi connectivity index (χ0v) is 11.9. The summed E-state index contributed by atoms with van der Waals surface area (Å²) in [5, 5.41) is 0. The minimum atomic E-state index is -3.22. The first-order valence-electron chi connectivity index (χ1n) is 6.30. The number of carbonyl (C=O) groups excluding carboxylic acids is 1. The van der Waals surface area contributed by atoms with E-state index in [9.17, 15) is 18.0 Å². The predicted octanol–water partition coefficient (Wildman–Crippen LogP) is -0.471. The molecule has 20 heavy (non-hydrogen) atoms. The molecule has 2 rings (SSSR count). The third-order valence-corrected chi connectivity index (χ3v) is 3.95. The average molecular weight is 299 g/mol. The molecule has 110 valence electrons. The number of hydrogen-bond acceptors (Lipinski definition) is 4. The van der Waals surface area contributed by atoms with Crippen LogP contribution in [0.25, 0.3) is 0 Å². The van der Waals surface area contributed by atoms with Gasteiger partial charge in [-0.05, 0) is 18.9 Å². The molecule has 1 saturated heterocycles. The normalized spacial score (nSPS) is 17.1. The molecule has 0 aliphatic carbocycles. The van der Waals surface area contributed by atoms with Gasteiger partial charge >= 0.3 is 0 Å². The maximum atomic E-state index is 12.2. The minimum absolute atomic E-state index is 0.131. The molecule has 1 aliphatic rings. The van der Waals surface area contributed by atoms with Gasteiger partial charge in [-0.15, -0.1) is 0 Å². The van der Waals surface area contributed by atoms with Crippen LogP contribution >= 0.6 is 0 Å². The number of rotatable bonds is 3. The van der Waals surface area contributed by atoms with Crippen LogP contribution in [-0.4, -0.2) is 49.6 Å². The molecule has 0 saturated carbocycles. The molecule has 2 heterocycles. The summed E-state index contributed by atoms with van der Waals surface area (Å²) in [5.41, 5.74) is 0.0350. The van der Waals surface area contributed by atoms with Crippen molar-refractivity contribution in [1.29, 1.82) is 0 Å². The first kappa shape index (κ1) is 14.7. The van der Waals surface area contributed by atoms with Crippen molar-refractivity contribution in [2.45, 2.75) is 18.9 Å². The van der Waals surface area contributed by atoms with Crippen molar-refractivity contribution in [3.8, 4) is 0 Å². The van der Waals surface area contributed by atoms with E-state index < -0.39 is 10.0 Å². The second-order valence-electron chi connectivity index (χ2n) is 4.90. The number of aromatic nitrogens is 1. The Hall–Kier alpha value is -1.67. The third kappa shape index (κ3) is 3.91. The summed E-state index contributed by atoms with van der Waals surface area (Å²) in [6, 6.07) is 2.70. The van der Waals surface area contributed by atoms with E-state index in [2.05, 4.69) is 9.71 Å². The highest BCUT2D eigenvalue weighted by Gasteiger charge is 2.25. The number of aromatic amines is 1. The van der Waals surface area contributed by atoms with Crippen LogP contribution in [0.4, 0.5) is 0 Å². The molecule has 0 spiro atoms. The molecule has 8 heteroatoms. The predicted molar refractivity (Wildman–Crippen MR) is 74.0 cm³/mol. The largest absolute Gasteiger partial charge is 0.339 e. The summed E-state index contributed by atoms with van der Waals surface area (Å²) < 4.78 is 24.8.